The summed E-state index contributed by atoms with van der Waals surface area (Å²) in [5, 5.41) is 0.559. The van der Waals surface area contributed by atoms with Crippen LogP contribution in [0.15, 0.2) is 42.5 Å². The fourth-order valence-corrected chi connectivity index (χ4v) is 2.21. The highest BCUT2D eigenvalue weighted by Gasteiger charge is 2.12. The topological polar surface area (TPSA) is 43.1 Å². The third kappa shape index (κ3) is 2.79. The summed E-state index contributed by atoms with van der Waals surface area (Å²) in [6, 6.07) is 12.1. The molecule has 0 atom stereocenters. The molecule has 0 aromatic heterocycles. The number of carbonyl (C=O) groups excluding carboxylic acids is 1. The van der Waals surface area contributed by atoms with E-state index in [1.54, 1.807) is 36.4 Å². The van der Waals surface area contributed by atoms with Gasteiger partial charge in [-0.25, -0.2) is 0 Å². The van der Waals surface area contributed by atoms with Crippen molar-refractivity contribution in [3.63, 3.8) is 0 Å². The number of anilines is 1. The van der Waals surface area contributed by atoms with Gasteiger partial charge in [0.25, 0.3) is 0 Å². The highest BCUT2D eigenvalue weighted by atomic mass is 127. The Hall–Kier alpha value is -1.07. The first-order valence-electron chi connectivity index (χ1n) is 4.93. The first kappa shape index (κ1) is 12.4. The molecule has 0 heterocycles. The Morgan fingerprint density at radius 2 is 1.76 bits per heavy atom. The molecule has 0 unspecified atom stereocenters. The van der Waals surface area contributed by atoms with Crippen LogP contribution in [0.5, 0.6) is 0 Å². The first-order chi connectivity index (χ1) is 8.08. The van der Waals surface area contributed by atoms with Gasteiger partial charge in [-0.1, -0.05) is 11.6 Å². The fraction of sp³-hybridized carbons (Fsp3) is 0. The molecule has 4 heteroatoms. The predicted octanol–water partition coefficient (Wildman–Crippen LogP) is 3.76. The van der Waals surface area contributed by atoms with E-state index in [9.17, 15) is 4.79 Å². The Morgan fingerprint density at radius 3 is 2.41 bits per heavy atom. The Kier molecular flexibility index (Phi) is 3.69. The Bertz CT molecular complexity index is 566. The zero-order chi connectivity index (χ0) is 12.4. The van der Waals surface area contributed by atoms with Crippen molar-refractivity contribution in [3.05, 3.63) is 62.2 Å². The molecule has 0 saturated heterocycles. The van der Waals surface area contributed by atoms with Crippen molar-refractivity contribution < 1.29 is 4.79 Å². The van der Waals surface area contributed by atoms with Crippen LogP contribution < -0.4 is 5.73 Å². The number of nitrogen functional groups attached to an aromatic ring is 1. The number of benzene rings is 2. The fourth-order valence-electron chi connectivity index (χ4n) is 1.46. The maximum Gasteiger partial charge on any atom is 0.194 e. The molecule has 2 nitrogen and oxygen atoms in total. The van der Waals surface area contributed by atoms with Crippen molar-refractivity contribution in [2.75, 3.05) is 5.73 Å². The second-order valence-electron chi connectivity index (χ2n) is 3.58. The highest BCUT2D eigenvalue weighted by molar-refractivity contribution is 14.1. The lowest BCUT2D eigenvalue weighted by Crippen LogP contribution is -2.03. The minimum atomic E-state index is -0.0445. The molecule has 2 N–H and O–H groups in total. The van der Waals surface area contributed by atoms with E-state index in [0.29, 0.717) is 21.8 Å². The Balaban J connectivity index is 2.43. The third-order valence-electron chi connectivity index (χ3n) is 2.35. The monoisotopic (exact) mass is 357 g/mol. The number of rotatable bonds is 2. The van der Waals surface area contributed by atoms with Crippen molar-refractivity contribution in [1.82, 2.24) is 0 Å². The van der Waals surface area contributed by atoms with Crippen LogP contribution in [0.3, 0.4) is 0 Å². The lowest BCUT2D eigenvalue weighted by molar-refractivity contribution is 0.103. The van der Waals surface area contributed by atoms with Crippen LogP contribution in [0.2, 0.25) is 5.02 Å². The van der Waals surface area contributed by atoms with Gasteiger partial charge < -0.3 is 5.73 Å². The summed E-state index contributed by atoms with van der Waals surface area (Å²) < 4.78 is 0.883. The molecule has 17 heavy (non-hydrogen) atoms. The second kappa shape index (κ2) is 5.06. The summed E-state index contributed by atoms with van der Waals surface area (Å²) in [6.45, 7) is 0. The average Bonchev–Trinajstić information content (AvgIpc) is 2.32. The van der Waals surface area contributed by atoms with Gasteiger partial charge in [0.1, 0.15) is 0 Å². The molecule has 0 bridgehead atoms. The minimum absolute atomic E-state index is 0.0445. The largest absolute Gasteiger partial charge is 0.399 e. The molecule has 0 fully saturated rings. The molecular weight excluding hydrogens is 349 g/mol. The van der Waals surface area contributed by atoms with E-state index < -0.39 is 0 Å². The van der Waals surface area contributed by atoms with Gasteiger partial charge in [0.15, 0.2) is 5.78 Å². The van der Waals surface area contributed by atoms with Gasteiger partial charge in [-0.2, -0.15) is 0 Å². The van der Waals surface area contributed by atoms with Gasteiger partial charge in [0.2, 0.25) is 0 Å². The molecule has 0 aliphatic carbocycles. The molecule has 0 amide bonds. The molecule has 0 spiro atoms. The summed E-state index contributed by atoms with van der Waals surface area (Å²) in [5.74, 6) is -0.0445. The van der Waals surface area contributed by atoms with Gasteiger partial charge in [-0.3, -0.25) is 4.79 Å². The van der Waals surface area contributed by atoms with Gasteiger partial charge >= 0.3 is 0 Å². The SMILES string of the molecule is Nc1ccc(C(=O)c2cc(Cl)ccc2I)cc1. The van der Waals surface area contributed by atoms with Crippen molar-refractivity contribution in [1.29, 1.82) is 0 Å². The van der Waals surface area contributed by atoms with Gasteiger partial charge in [-0.05, 0) is 65.1 Å². The first-order valence-corrected chi connectivity index (χ1v) is 6.39. The second-order valence-corrected chi connectivity index (χ2v) is 5.17. The van der Waals surface area contributed by atoms with Gasteiger partial charge in [0.05, 0.1) is 0 Å². The van der Waals surface area contributed by atoms with Gasteiger partial charge in [0, 0.05) is 25.4 Å². The molecule has 2 aromatic rings. The van der Waals surface area contributed by atoms with Crippen LogP contribution in [-0.2, 0) is 0 Å². The quantitative estimate of drug-likeness (QED) is 0.505. The van der Waals surface area contributed by atoms with Crippen LogP contribution in [0.4, 0.5) is 5.69 Å². The summed E-state index contributed by atoms with van der Waals surface area (Å²) in [7, 11) is 0. The number of nitrogens with two attached hydrogens (primary N) is 1. The molecule has 2 aromatic carbocycles. The summed E-state index contributed by atoms with van der Waals surface area (Å²) in [6.07, 6.45) is 0. The zero-order valence-electron chi connectivity index (χ0n) is 8.78. The van der Waals surface area contributed by atoms with Crippen LogP contribution >= 0.6 is 34.2 Å². The molecule has 0 aliphatic heterocycles. The predicted molar refractivity (Wildman–Crippen MR) is 78.5 cm³/mol. The van der Waals surface area contributed by atoms with E-state index in [-0.39, 0.29) is 5.78 Å². The number of hydrogen-bond donors (Lipinski definition) is 1. The van der Waals surface area contributed by atoms with E-state index in [1.807, 2.05) is 6.07 Å². The van der Waals surface area contributed by atoms with Crippen LogP contribution in [0.1, 0.15) is 15.9 Å². The van der Waals surface area contributed by atoms with E-state index in [1.165, 1.54) is 0 Å². The standard InChI is InChI=1S/C13H9ClINO/c14-9-3-6-12(15)11(7-9)13(17)8-1-4-10(16)5-2-8/h1-7H,16H2. The molecule has 0 saturated carbocycles. The normalized spacial score (nSPS) is 10.2. The highest BCUT2D eigenvalue weighted by Crippen LogP contribution is 2.21. The van der Waals surface area contributed by atoms with E-state index in [4.69, 9.17) is 17.3 Å². The third-order valence-corrected chi connectivity index (χ3v) is 3.52. The zero-order valence-corrected chi connectivity index (χ0v) is 11.7. The van der Waals surface area contributed by atoms with Crippen molar-refractivity contribution in [2.24, 2.45) is 0 Å². The number of ketones is 1. The minimum Gasteiger partial charge on any atom is -0.399 e. The van der Waals surface area contributed by atoms with E-state index in [2.05, 4.69) is 22.6 Å². The van der Waals surface area contributed by atoms with Crippen molar-refractivity contribution >= 4 is 45.7 Å². The van der Waals surface area contributed by atoms with Crippen LogP contribution in [0, 0.1) is 3.57 Å². The molecule has 86 valence electrons. The Labute approximate surface area is 118 Å². The maximum atomic E-state index is 12.2. The molecule has 2 rings (SSSR count). The summed E-state index contributed by atoms with van der Waals surface area (Å²) in [4.78, 5) is 12.2. The van der Waals surface area contributed by atoms with Crippen LogP contribution in [0.25, 0.3) is 0 Å². The van der Waals surface area contributed by atoms with E-state index in [0.717, 1.165) is 3.57 Å². The molecule has 0 aliphatic rings. The summed E-state index contributed by atoms with van der Waals surface area (Å²) in [5.41, 5.74) is 7.45. The molecule has 0 radical (unpaired) electrons. The van der Waals surface area contributed by atoms with E-state index >= 15 is 0 Å². The smallest absolute Gasteiger partial charge is 0.194 e. The number of carbonyl (C=O) groups is 1. The van der Waals surface area contributed by atoms with Crippen LogP contribution in [-0.4, -0.2) is 5.78 Å². The summed E-state index contributed by atoms with van der Waals surface area (Å²) >= 11 is 8.02. The lowest BCUT2D eigenvalue weighted by Gasteiger charge is -2.05. The van der Waals surface area contributed by atoms with Crippen molar-refractivity contribution in [3.8, 4) is 0 Å². The number of hydrogen-bond acceptors (Lipinski definition) is 2. The molecular formula is C13H9ClINO. The van der Waals surface area contributed by atoms with Gasteiger partial charge in [-0.15, -0.1) is 0 Å². The Morgan fingerprint density at radius 1 is 1.12 bits per heavy atom. The lowest BCUT2D eigenvalue weighted by atomic mass is 10.0. The maximum absolute atomic E-state index is 12.2. The number of halogens is 2. The van der Waals surface area contributed by atoms with Crippen molar-refractivity contribution in [2.45, 2.75) is 0 Å². The average molecular weight is 358 g/mol.